The van der Waals surface area contributed by atoms with E-state index in [0.29, 0.717) is 11.8 Å². The Balaban J connectivity index is 2.17. The molecule has 0 fully saturated rings. The van der Waals surface area contributed by atoms with Gasteiger partial charge in [-0.05, 0) is 57.9 Å². The van der Waals surface area contributed by atoms with Gasteiger partial charge in [-0.2, -0.15) is 0 Å². The molecule has 0 spiro atoms. The first-order chi connectivity index (χ1) is 12.5. The molecule has 2 aromatic carbocycles. The van der Waals surface area contributed by atoms with Crippen LogP contribution in [0.25, 0.3) is 28.5 Å². The summed E-state index contributed by atoms with van der Waals surface area (Å²) in [6.45, 7) is 13.0. The highest BCUT2D eigenvalue weighted by atomic mass is 14.7. The number of benzene rings is 2. The maximum Gasteiger partial charge on any atom is 0.0708 e. The maximum atomic E-state index is 4.54. The van der Waals surface area contributed by atoms with Crippen LogP contribution in [0.1, 0.15) is 56.2 Å². The number of hydrogen-bond acceptors (Lipinski definition) is 1. The van der Waals surface area contributed by atoms with Gasteiger partial charge in [0, 0.05) is 11.8 Å². The molecule has 0 saturated heterocycles. The van der Waals surface area contributed by atoms with Crippen LogP contribution in [0.4, 0.5) is 0 Å². The standard InChI is InChI=1S/C25H27N/c1-6-19-10-11-20(16-24(19)25-9-7-8-12-26-25)23-14-21(17(2)3)13-22(15-23)18(4)5/h6-18H,1H2,2-5H3. The Bertz CT molecular complexity index is 878. The molecule has 0 unspecified atom stereocenters. The van der Waals surface area contributed by atoms with Gasteiger partial charge in [-0.3, -0.25) is 4.98 Å². The molecule has 0 aliphatic rings. The molecule has 0 N–H and O–H groups in total. The molecule has 0 aliphatic carbocycles. The average molecular weight is 341 g/mol. The van der Waals surface area contributed by atoms with Crippen LogP contribution in [0.5, 0.6) is 0 Å². The molecule has 1 aromatic heterocycles. The zero-order valence-corrected chi connectivity index (χ0v) is 16.2. The fraction of sp³-hybridized carbons (Fsp3) is 0.240. The lowest BCUT2D eigenvalue weighted by Crippen LogP contribution is -1.95. The maximum absolute atomic E-state index is 4.54. The van der Waals surface area contributed by atoms with Gasteiger partial charge >= 0.3 is 0 Å². The number of rotatable bonds is 5. The van der Waals surface area contributed by atoms with Gasteiger partial charge in [0.1, 0.15) is 0 Å². The third-order valence-electron chi connectivity index (χ3n) is 4.86. The van der Waals surface area contributed by atoms with Crippen molar-refractivity contribution in [2.75, 3.05) is 0 Å². The highest BCUT2D eigenvalue weighted by molar-refractivity contribution is 5.79. The van der Waals surface area contributed by atoms with Crippen LogP contribution in [0, 0.1) is 0 Å². The van der Waals surface area contributed by atoms with Crippen molar-refractivity contribution in [2.24, 2.45) is 0 Å². The lowest BCUT2D eigenvalue weighted by molar-refractivity contribution is 0.834. The molecule has 0 aliphatic heterocycles. The van der Waals surface area contributed by atoms with Crippen LogP contribution in [0.3, 0.4) is 0 Å². The lowest BCUT2D eigenvalue weighted by Gasteiger charge is -2.16. The monoisotopic (exact) mass is 341 g/mol. The van der Waals surface area contributed by atoms with Gasteiger partial charge in [-0.25, -0.2) is 0 Å². The van der Waals surface area contributed by atoms with Crippen molar-refractivity contribution in [1.82, 2.24) is 4.98 Å². The van der Waals surface area contributed by atoms with Crippen LogP contribution in [-0.2, 0) is 0 Å². The van der Waals surface area contributed by atoms with E-state index in [0.717, 1.165) is 16.8 Å². The number of nitrogens with zero attached hydrogens (tertiary/aromatic N) is 1. The molecule has 1 heteroatoms. The topological polar surface area (TPSA) is 12.9 Å². The molecule has 3 rings (SSSR count). The number of hydrogen-bond donors (Lipinski definition) is 0. The third-order valence-corrected chi connectivity index (χ3v) is 4.86. The lowest BCUT2D eigenvalue weighted by atomic mass is 9.89. The molecule has 0 atom stereocenters. The zero-order chi connectivity index (χ0) is 18.7. The Labute approximate surface area is 157 Å². The van der Waals surface area contributed by atoms with E-state index in [1.807, 2.05) is 24.4 Å². The minimum Gasteiger partial charge on any atom is -0.256 e. The van der Waals surface area contributed by atoms with Crippen molar-refractivity contribution >= 4 is 6.08 Å². The largest absolute Gasteiger partial charge is 0.256 e. The predicted octanol–water partition coefficient (Wildman–Crippen LogP) is 7.31. The fourth-order valence-corrected chi connectivity index (χ4v) is 3.17. The van der Waals surface area contributed by atoms with Gasteiger partial charge < -0.3 is 0 Å². The first-order valence-electron chi connectivity index (χ1n) is 9.32. The smallest absolute Gasteiger partial charge is 0.0708 e. The Kier molecular flexibility index (Phi) is 5.37. The molecule has 3 aromatic rings. The number of pyridine rings is 1. The van der Waals surface area contributed by atoms with Crippen molar-refractivity contribution in [3.05, 3.63) is 84.1 Å². The molecular weight excluding hydrogens is 314 g/mol. The van der Waals surface area contributed by atoms with Crippen LogP contribution in [0.2, 0.25) is 0 Å². The predicted molar refractivity (Wildman–Crippen MR) is 113 cm³/mol. The van der Waals surface area contributed by atoms with Crippen molar-refractivity contribution < 1.29 is 0 Å². The molecule has 1 nitrogen and oxygen atoms in total. The molecule has 26 heavy (non-hydrogen) atoms. The Morgan fingerprint density at radius 1 is 0.808 bits per heavy atom. The highest BCUT2D eigenvalue weighted by Crippen LogP contribution is 2.33. The molecule has 0 amide bonds. The quantitative estimate of drug-likeness (QED) is 0.474. The molecule has 0 radical (unpaired) electrons. The molecule has 132 valence electrons. The first-order valence-corrected chi connectivity index (χ1v) is 9.32. The summed E-state index contributed by atoms with van der Waals surface area (Å²) >= 11 is 0. The second-order valence-electron chi connectivity index (χ2n) is 7.42. The minimum atomic E-state index is 0.509. The van der Waals surface area contributed by atoms with Gasteiger partial charge in [-0.15, -0.1) is 0 Å². The van der Waals surface area contributed by atoms with E-state index in [1.165, 1.54) is 22.3 Å². The van der Waals surface area contributed by atoms with Gasteiger partial charge in [0.15, 0.2) is 0 Å². The SMILES string of the molecule is C=Cc1ccc(-c2cc(C(C)C)cc(C(C)C)c2)cc1-c1ccccn1. The summed E-state index contributed by atoms with van der Waals surface area (Å²) in [5, 5.41) is 0. The second kappa shape index (κ2) is 7.70. The van der Waals surface area contributed by atoms with Gasteiger partial charge in [0.25, 0.3) is 0 Å². The van der Waals surface area contributed by atoms with Crippen LogP contribution >= 0.6 is 0 Å². The van der Waals surface area contributed by atoms with E-state index in [2.05, 4.69) is 81.7 Å². The Morgan fingerprint density at radius 3 is 2.04 bits per heavy atom. The van der Waals surface area contributed by atoms with E-state index in [-0.39, 0.29) is 0 Å². The van der Waals surface area contributed by atoms with Crippen LogP contribution < -0.4 is 0 Å². The van der Waals surface area contributed by atoms with E-state index in [4.69, 9.17) is 0 Å². The minimum absolute atomic E-state index is 0.509. The summed E-state index contributed by atoms with van der Waals surface area (Å²) in [5.41, 5.74) is 8.48. The summed E-state index contributed by atoms with van der Waals surface area (Å²) in [7, 11) is 0. The summed E-state index contributed by atoms with van der Waals surface area (Å²) in [6, 6.07) is 19.6. The van der Waals surface area contributed by atoms with E-state index < -0.39 is 0 Å². The van der Waals surface area contributed by atoms with Gasteiger partial charge in [0.2, 0.25) is 0 Å². The summed E-state index contributed by atoms with van der Waals surface area (Å²) < 4.78 is 0. The van der Waals surface area contributed by atoms with E-state index in [9.17, 15) is 0 Å². The Hall–Kier alpha value is -2.67. The normalized spacial score (nSPS) is 11.2. The molecule has 1 heterocycles. The molecular formula is C25H27N. The van der Waals surface area contributed by atoms with Crippen LogP contribution in [0.15, 0.2) is 67.4 Å². The summed E-state index contributed by atoms with van der Waals surface area (Å²) in [4.78, 5) is 4.54. The zero-order valence-electron chi connectivity index (χ0n) is 16.2. The van der Waals surface area contributed by atoms with Crippen LogP contribution in [-0.4, -0.2) is 4.98 Å². The summed E-state index contributed by atoms with van der Waals surface area (Å²) in [5.74, 6) is 1.02. The highest BCUT2D eigenvalue weighted by Gasteiger charge is 2.11. The van der Waals surface area contributed by atoms with Crippen molar-refractivity contribution in [3.8, 4) is 22.4 Å². The van der Waals surface area contributed by atoms with Crippen molar-refractivity contribution in [1.29, 1.82) is 0 Å². The molecule has 0 saturated carbocycles. The van der Waals surface area contributed by atoms with Gasteiger partial charge in [-0.1, -0.05) is 76.7 Å². The van der Waals surface area contributed by atoms with E-state index in [1.54, 1.807) is 0 Å². The average Bonchev–Trinajstić information content (AvgIpc) is 2.67. The Morgan fingerprint density at radius 2 is 1.50 bits per heavy atom. The second-order valence-corrected chi connectivity index (χ2v) is 7.42. The fourth-order valence-electron chi connectivity index (χ4n) is 3.17. The van der Waals surface area contributed by atoms with E-state index >= 15 is 0 Å². The van der Waals surface area contributed by atoms with Crippen molar-refractivity contribution in [3.63, 3.8) is 0 Å². The number of aromatic nitrogens is 1. The molecule has 0 bridgehead atoms. The van der Waals surface area contributed by atoms with Gasteiger partial charge in [0.05, 0.1) is 5.69 Å². The first kappa shape index (κ1) is 18.1. The summed E-state index contributed by atoms with van der Waals surface area (Å²) in [6.07, 6.45) is 3.74. The third kappa shape index (κ3) is 3.77. The van der Waals surface area contributed by atoms with Crippen molar-refractivity contribution in [2.45, 2.75) is 39.5 Å².